The number of hydrogen-bond acceptors (Lipinski definition) is 6. The van der Waals surface area contributed by atoms with Gasteiger partial charge in [0.15, 0.2) is 0 Å². The Morgan fingerprint density at radius 3 is 2.11 bits per heavy atom. The first-order chi connectivity index (χ1) is 12.6. The summed E-state index contributed by atoms with van der Waals surface area (Å²) in [6.07, 6.45) is 0.975. The van der Waals surface area contributed by atoms with E-state index in [2.05, 4.69) is 15.9 Å². The van der Waals surface area contributed by atoms with Crippen LogP contribution in [0.3, 0.4) is 0 Å². The van der Waals surface area contributed by atoms with Crippen molar-refractivity contribution in [3.63, 3.8) is 0 Å². The van der Waals surface area contributed by atoms with Crippen LogP contribution in [0.15, 0.2) is 34.8 Å². The van der Waals surface area contributed by atoms with Crippen LogP contribution in [0.25, 0.3) is 11.1 Å². The van der Waals surface area contributed by atoms with E-state index in [1.54, 1.807) is 32.3 Å². The quantitative estimate of drug-likeness (QED) is 0.619. The van der Waals surface area contributed by atoms with E-state index in [9.17, 15) is 13.2 Å². The second-order valence-corrected chi connectivity index (χ2v) is 8.23. The molecule has 0 N–H and O–H groups in total. The molecule has 0 aliphatic carbocycles. The normalized spacial score (nSPS) is 11.0. The Hall–Kier alpha value is -2.26. The van der Waals surface area contributed by atoms with Crippen LogP contribution in [0.1, 0.15) is 10.4 Å². The largest absolute Gasteiger partial charge is 0.496 e. The third kappa shape index (κ3) is 4.72. The zero-order chi connectivity index (χ0) is 20.4. The lowest BCUT2D eigenvalue weighted by Gasteiger charge is -2.20. The van der Waals surface area contributed by atoms with Crippen molar-refractivity contribution < 1.29 is 26.9 Å². The van der Waals surface area contributed by atoms with Gasteiger partial charge in [0.2, 0.25) is 0 Å². The lowest BCUT2D eigenvalue weighted by atomic mass is 9.99. The summed E-state index contributed by atoms with van der Waals surface area (Å²) in [6, 6.07) is 8.14. The minimum absolute atomic E-state index is 0.189. The molecule has 2 rings (SSSR count). The Balaban J connectivity index is 2.65. The van der Waals surface area contributed by atoms with E-state index in [0.29, 0.717) is 32.7 Å². The van der Waals surface area contributed by atoms with Crippen molar-refractivity contribution in [2.45, 2.75) is 0 Å². The van der Waals surface area contributed by atoms with Crippen LogP contribution in [0, 0.1) is 0 Å². The molecule has 0 unspecified atom stereocenters. The van der Waals surface area contributed by atoms with Crippen molar-refractivity contribution in [2.75, 3.05) is 34.6 Å². The van der Waals surface area contributed by atoms with Crippen LogP contribution in [0.5, 0.6) is 17.2 Å². The van der Waals surface area contributed by atoms with Crippen LogP contribution in [0.4, 0.5) is 0 Å². The maximum absolute atomic E-state index is 12.7. The summed E-state index contributed by atoms with van der Waals surface area (Å²) in [5.41, 5.74) is 1.65. The maximum Gasteiger partial charge on any atom is 0.306 e. The summed E-state index contributed by atoms with van der Waals surface area (Å²) in [4.78, 5) is 14.1. The zero-order valence-corrected chi connectivity index (χ0v) is 18.0. The second-order valence-electron chi connectivity index (χ2n) is 5.86. The monoisotopic (exact) mass is 457 g/mol. The summed E-state index contributed by atoms with van der Waals surface area (Å²) in [5, 5.41) is 0. The number of amides is 1. The molecular weight excluding hydrogens is 438 g/mol. The van der Waals surface area contributed by atoms with Gasteiger partial charge in [0.05, 0.1) is 24.9 Å². The molecule has 0 bridgehead atoms. The standard InChI is InChI=1S/C18H20BrNO6S/c1-20(2)18(21)15-16(19)14(24-3)10-13(17(15)25-4)11-6-8-12(9-7-11)26-27(5,22)23/h6-10H,1-5H3. The van der Waals surface area contributed by atoms with Gasteiger partial charge in [0.25, 0.3) is 5.91 Å². The number of halogens is 1. The zero-order valence-electron chi connectivity index (χ0n) is 15.6. The van der Waals surface area contributed by atoms with Gasteiger partial charge in [-0.25, -0.2) is 0 Å². The molecule has 2 aromatic carbocycles. The Kier molecular flexibility index (Phi) is 6.38. The van der Waals surface area contributed by atoms with Crippen LogP contribution in [-0.4, -0.2) is 53.8 Å². The van der Waals surface area contributed by atoms with E-state index in [1.807, 2.05) is 0 Å². The highest BCUT2D eigenvalue weighted by molar-refractivity contribution is 9.10. The predicted molar refractivity (Wildman–Crippen MR) is 106 cm³/mol. The van der Waals surface area contributed by atoms with Gasteiger partial charge in [0, 0.05) is 19.7 Å². The molecule has 0 radical (unpaired) electrons. The number of rotatable bonds is 6. The number of ether oxygens (including phenoxy) is 2. The number of nitrogens with zero attached hydrogens (tertiary/aromatic N) is 1. The highest BCUT2D eigenvalue weighted by Gasteiger charge is 2.25. The van der Waals surface area contributed by atoms with Crippen molar-refractivity contribution in [2.24, 2.45) is 0 Å². The molecule has 0 aliphatic heterocycles. The van der Waals surface area contributed by atoms with Crippen LogP contribution >= 0.6 is 15.9 Å². The van der Waals surface area contributed by atoms with Crippen molar-refractivity contribution in [3.05, 3.63) is 40.4 Å². The molecule has 1 amide bonds. The SMILES string of the molecule is COc1cc(-c2ccc(OS(C)(=O)=O)cc2)c(OC)c(C(=O)N(C)C)c1Br. The topological polar surface area (TPSA) is 82.1 Å². The first-order valence-corrected chi connectivity index (χ1v) is 10.4. The molecule has 2 aromatic rings. The van der Waals surface area contributed by atoms with Gasteiger partial charge in [-0.2, -0.15) is 8.42 Å². The molecule has 0 heterocycles. The first-order valence-electron chi connectivity index (χ1n) is 7.75. The molecule has 0 fully saturated rings. The smallest absolute Gasteiger partial charge is 0.306 e. The molecule has 0 spiro atoms. The van der Waals surface area contributed by atoms with Gasteiger partial charge >= 0.3 is 10.1 Å². The fourth-order valence-corrected chi connectivity index (χ4v) is 3.56. The Labute approximate surface area is 167 Å². The summed E-state index contributed by atoms with van der Waals surface area (Å²) in [5.74, 6) is 0.774. The van der Waals surface area contributed by atoms with Gasteiger partial charge < -0.3 is 18.6 Å². The summed E-state index contributed by atoms with van der Waals surface area (Å²) >= 11 is 3.41. The van der Waals surface area contributed by atoms with Gasteiger partial charge in [-0.15, -0.1) is 0 Å². The van der Waals surface area contributed by atoms with Gasteiger partial charge in [-0.3, -0.25) is 4.79 Å². The van der Waals surface area contributed by atoms with Crippen molar-refractivity contribution >= 4 is 32.0 Å². The molecule has 0 aliphatic rings. The minimum atomic E-state index is -3.61. The third-order valence-corrected chi connectivity index (χ3v) is 4.92. The average molecular weight is 458 g/mol. The first kappa shape index (κ1) is 21.0. The van der Waals surface area contributed by atoms with E-state index < -0.39 is 10.1 Å². The molecule has 0 saturated heterocycles. The van der Waals surface area contributed by atoms with Crippen molar-refractivity contribution in [3.8, 4) is 28.4 Å². The number of benzene rings is 2. The van der Waals surface area contributed by atoms with Gasteiger partial charge in [0.1, 0.15) is 22.8 Å². The molecular formula is C18H20BrNO6S. The Morgan fingerprint density at radius 1 is 1.07 bits per heavy atom. The number of carbonyl (C=O) groups excluding carboxylic acids is 1. The molecule has 9 heteroatoms. The van der Waals surface area contributed by atoms with Crippen LogP contribution in [0.2, 0.25) is 0 Å². The fourth-order valence-electron chi connectivity index (χ4n) is 2.47. The highest BCUT2D eigenvalue weighted by Crippen LogP contribution is 2.43. The van der Waals surface area contributed by atoms with Gasteiger partial charge in [-0.1, -0.05) is 12.1 Å². The van der Waals surface area contributed by atoms with Crippen molar-refractivity contribution in [1.82, 2.24) is 4.90 Å². The summed E-state index contributed by atoms with van der Waals surface area (Å²) in [7, 11) is 2.66. The molecule has 0 atom stereocenters. The Morgan fingerprint density at radius 2 is 1.67 bits per heavy atom. The molecule has 27 heavy (non-hydrogen) atoms. The molecule has 0 saturated carbocycles. The minimum Gasteiger partial charge on any atom is -0.496 e. The van der Waals surface area contributed by atoms with E-state index in [0.717, 1.165) is 6.26 Å². The number of hydrogen-bond donors (Lipinski definition) is 0. The summed E-state index contributed by atoms with van der Waals surface area (Å²) < 4.78 is 38.8. The molecule has 0 aromatic heterocycles. The average Bonchev–Trinajstić information content (AvgIpc) is 2.60. The fraction of sp³-hybridized carbons (Fsp3) is 0.278. The summed E-state index contributed by atoms with van der Waals surface area (Å²) in [6.45, 7) is 0. The number of methoxy groups -OCH3 is 2. The van der Waals surface area contributed by atoms with Gasteiger partial charge in [-0.05, 0) is 39.7 Å². The predicted octanol–water partition coefficient (Wildman–Crippen LogP) is 3.17. The lowest BCUT2D eigenvalue weighted by molar-refractivity contribution is 0.0823. The second kappa shape index (κ2) is 8.18. The number of carbonyl (C=O) groups is 1. The van der Waals surface area contributed by atoms with E-state index >= 15 is 0 Å². The Bertz CT molecular complexity index is 955. The highest BCUT2D eigenvalue weighted by atomic mass is 79.9. The molecule has 7 nitrogen and oxygen atoms in total. The molecule has 146 valence electrons. The van der Waals surface area contributed by atoms with E-state index in [-0.39, 0.29) is 11.7 Å². The lowest BCUT2D eigenvalue weighted by Crippen LogP contribution is -2.23. The van der Waals surface area contributed by atoms with E-state index in [1.165, 1.54) is 31.3 Å². The van der Waals surface area contributed by atoms with Crippen LogP contribution in [-0.2, 0) is 10.1 Å². The maximum atomic E-state index is 12.7. The van der Waals surface area contributed by atoms with Crippen molar-refractivity contribution in [1.29, 1.82) is 0 Å². The van der Waals surface area contributed by atoms with E-state index in [4.69, 9.17) is 13.7 Å². The van der Waals surface area contributed by atoms with Crippen LogP contribution < -0.4 is 13.7 Å². The third-order valence-electron chi connectivity index (χ3n) is 3.64.